The van der Waals surface area contributed by atoms with E-state index in [0.717, 1.165) is 29.7 Å². The maximum Gasteiger partial charge on any atom is 0.241 e. The lowest BCUT2D eigenvalue weighted by atomic mass is 10.0. The van der Waals surface area contributed by atoms with E-state index < -0.39 is 20.9 Å². The molecule has 0 radical (unpaired) electrons. The number of aryl methyl sites for hydroxylation is 1. The van der Waals surface area contributed by atoms with Gasteiger partial charge in [0.25, 0.3) is 0 Å². The van der Waals surface area contributed by atoms with Crippen molar-refractivity contribution in [3.05, 3.63) is 59.7 Å². The SMILES string of the molecule is COc1ccc(C(NS(=O)(=O)c2ccc(C)cc2)C2(Cl)CC2)cc1. The molecule has 0 aliphatic heterocycles. The summed E-state index contributed by atoms with van der Waals surface area (Å²) >= 11 is 6.58. The maximum atomic E-state index is 12.7. The van der Waals surface area contributed by atoms with Crippen LogP contribution >= 0.6 is 11.6 Å². The van der Waals surface area contributed by atoms with Crippen molar-refractivity contribution in [2.45, 2.75) is 35.6 Å². The van der Waals surface area contributed by atoms with E-state index in [1.165, 1.54) is 0 Å². The second kappa shape index (κ2) is 6.39. The van der Waals surface area contributed by atoms with Crippen LogP contribution in [0.3, 0.4) is 0 Å². The van der Waals surface area contributed by atoms with Crippen LogP contribution in [-0.2, 0) is 10.0 Å². The first-order valence-electron chi connectivity index (χ1n) is 7.76. The van der Waals surface area contributed by atoms with E-state index in [4.69, 9.17) is 16.3 Å². The Balaban J connectivity index is 1.91. The summed E-state index contributed by atoms with van der Waals surface area (Å²) in [6.07, 6.45) is 1.56. The second-order valence-electron chi connectivity index (χ2n) is 6.18. The summed E-state index contributed by atoms with van der Waals surface area (Å²) in [5, 5.41) is 0. The van der Waals surface area contributed by atoms with Crippen LogP contribution in [0, 0.1) is 6.92 Å². The number of nitrogens with one attached hydrogen (secondary N) is 1. The zero-order valence-corrected chi connectivity index (χ0v) is 15.2. The number of rotatable bonds is 6. The molecule has 0 amide bonds. The maximum absolute atomic E-state index is 12.7. The molecule has 1 saturated carbocycles. The predicted octanol–water partition coefficient (Wildman–Crippen LogP) is 3.79. The van der Waals surface area contributed by atoms with Gasteiger partial charge in [-0.1, -0.05) is 29.8 Å². The van der Waals surface area contributed by atoms with Crippen LogP contribution in [0.25, 0.3) is 0 Å². The Morgan fingerprint density at radius 1 is 1.08 bits per heavy atom. The van der Waals surface area contributed by atoms with Crippen LogP contribution < -0.4 is 9.46 Å². The van der Waals surface area contributed by atoms with Gasteiger partial charge in [0.2, 0.25) is 10.0 Å². The average Bonchev–Trinajstić information content (AvgIpc) is 3.32. The van der Waals surface area contributed by atoms with Crippen LogP contribution in [0.4, 0.5) is 0 Å². The molecule has 1 N–H and O–H groups in total. The van der Waals surface area contributed by atoms with Crippen molar-refractivity contribution in [1.29, 1.82) is 0 Å². The highest BCUT2D eigenvalue weighted by Crippen LogP contribution is 2.52. The van der Waals surface area contributed by atoms with E-state index in [-0.39, 0.29) is 4.90 Å². The van der Waals surface area contributed by atoms with Crippen molar-refractivity contribution in [2.75, 3.05) is 7.11 Å². The van der Waals surface area contributed by atoms with E-state index in [9.17, 15) is 8.42 Å². The summed E-state index contributed by atoms with van der Waals surface area (Å²) in [5.74, 6) is 0.721. The third kappa shape index (κ3) is 3.58. The number of halogens is 1. The van der Waals surface area contributed by atoms with E-state index in [1.54, 1.807) is 31.4 Å². The molecule has 0 bridgehead atoms. The molecule has 4 nitrogen and oxygen atoms in total. The minimum Gasteiger partial charge on any atom is -0.497 e. The summed E-state index contributed by atoms with van der Waals surface area (Å²) in [4.78, 5) is -0.320. The van der Waals surface area contributed by atoms with E-state index in [1.807, 2.05) is 31.2 Å². The lowest BCUT2D eigenvalue weighted by Crippen LogP contribution is -2.35. The lowest BCUT2D eigenvalue weighted by molar-refractivity contribution is 0.414. The average molecular weight is 366 g/mol. The van der Waals surface area contributed by atoms with Crippen LogP contribution in [0.5, 0.6) is 5.75 Å². The molecule has 0 aromatic heterocycles. The monoisotopic (exact) mass is 365 g/mol. The highest BCUT2D eigenvalue weighted by atomic mass is 35.5. The van der Waals surface area contributed by atoms with E-state index >= 15 is 0 Å². The summed E-state index contributed by atoms with van der Waals surface area (Å²) in [7, 11) is -2.06. The molecule has 1 aliphatic rings. The predicted molar refractivity (Wildman–Crippen MR) is 95.1 cm³/mol. The highest BCUT2D eigenvalue weighted by molar-refractivity contribution is 7.89. The van der Waals surface area contributed by atoms with Crippen LogP contribution in [-0.4, -0.2) is 20.4 Å². The first-order chi connectivity index (χ1) is 11.3. The Bertz CT molecular complexity index is 812. The van der Waals surface area contributed by atoms with Crippen LogP contribution in [0.15, 0.2) is 53.4 Å². The largest absolute Gasteiger partial charge is 0.497 e. The minimum absolute atomic E-state index is 0.243. The summed E-state index contributed by atoms with van der Waals surface area (Å²) in [6.45, 7) is 1.92. The molecule has 2 aromatic rings. The molecule has 2 aromatic carbocycles. The highest BCUT2D eigenvalue weighted by Gasteiger charge is 2.50. The normalized spacial score (nSPS) is 17.3. The summed E-state index contributed by atoms with van der Waals surface area (Å²) in [6, 6.07) is 13.6. The number of benzene rings is 2. The minimum atomic E-state index is -3.65. The number of alkyl halides is 1. The van der Waals surface area contributed by atoms with Crippen LogP contribution in [0.1, 0.15) is 30.0 Å². The second-order valence-corrected chi connectivity index (χ2v) is 8.64. The lowest BCUT2D eigenvalue weighted by Gasteiger charge is -2.24. The fourth-order valence-corrected chi connectivity index (χ4v) is 4.26. The van der Waals surface area contributed by atoms with Gasteiger partial charge in [-0.05, 0) is 49.6 Å². The Morgan fingerprint density at radius 2 is 1.67 bits per heavy atom. The van der Waals surface area contributed by atoms with Crippen molar-refractivity contribution in [3.8, 4) is 5.75 Å². The van der Waals surface area contributed by atoms with Gasteiger partial charge in [0.1, 0.15) is 5.75 Å². The van der Waals surface area contributed by atoms with Gasteiger partial charge >= 0.3 is 0 Å². The number of hydrogen-bond acceptors (Lipinski definition) is 3. The molecule has 1 fully saturated rings. The van der Waals surface area contributed by atoms with E-state index in [2.05, 4.69) is 4.72 Å². The van der Waals surface area contributed by atoms with E-state index in [0.29, 0.717) is 0 Å². The van der Waals surface area contributed by atoms with Crippen molar-refractivity contribution < 1.29 is 13.2 Å². The van der Waals surface area contributed by atoms with Crippen molar-refractivity contribution in [3.63, 3.8) is 0 Å². The Kier molecular flexibility index (Phi) is 4.60. The van der Waals surface area contributed by atoms with Gasteiger partial charge in [-0.2, -0.15) is 0 Å². The van der Waals surface area contributed by atoms with Crippen molar-refractivity contribution in [1.82, 2.24) is 4.72 Å². The van der Waals surface area contributed by atoms with Gasteiger partial charge in [0.05, 0.1) is 22.9 Å². The quantitative estimate of drug-likeness (QED) is 0.792. The van der Waals surface area contributed by atoms with Crippen LogP contribution in [0.2, 0.25) is 0 Å². The molecule has 1 unspecified atom stereocenters. The molecule has 128 valence electrons. The van der Waals surface area contributed by atoms with Crippen molar-refractivity contribution >= 4 is 21.6 Å². The third-order valence-electron chi connectivity index (χ3n) is 4.30. The zero-order valence-electron chi connectivity index (χ0n) is 13.6. The van der Waals surface area contributed by atoms with Gasteiger partial charge in [-0.15, -0.1) is 11.6 Å². The summed E-state index contributed by atoms with van der Waals surface area (Å²) < 4.78 is 33.4. The smallest absolute Gasteiger partial charge is 0.241 e. The number of methoxy groups -OCH3 is 1. The number of hydrogen-bond donors (Lipinski definition) is 1. The molecule has 24 heavy (non-hydrogen) atoms. The molecular formula is C18H20ClNO3S. The topological polar surface area (TPSA) is 55.4 Å². The number of ether oxygens (including phenoxy) is 1. The Labute approximate surface area is 147 Å². The molecule has 0 spiro atoms. The van der Waals surface area contributed by atoms with Gasteiger partial charge in [-0.25, -0.2) is 13.1 Å². The zero-order chi connectivity index (χ0) is 17.4. The molecule has 6 heteroatoms. The standard InChI is InChI=1S/C18H20ClNO3S/c1-13-3-9-16(10-4-13)24(21,22)20-17(18(19)11-12-18)14-5-7-15(23-2)8-6-14/h3-10,17,20H,11-12H2,1-2H3. The fourth-order valence-electron chi connectivity index (χ4n) is 2.62. The molecule has 3 rings (SSSR count). The van der Waals surface area contributed by atoms with Gasteiger partial charge in [-0.3, -0.25) is 0 Å². The molecule has 1 atom stereocenters. The van der Waals surface area contributed by atoms with Gasteiger partial charge < -0.3 is 4.74 Å². The van der Waals surface area contributed by atoms with Gasteiger partial charge in [0, 0.05) is 0 Å². The van der Waals surface area contributed by atoms with Gasteiger partial charge in [0.15, 0.2) is 0 Å². The van der Waals surface area contributed by atoms with Crippen molar-refractivity contribution in [2.24, 2.45) is 0 Å². The first-order valence-corrected chi connectivity index (χ1v) is 9.62. The third-order valence-corrected chi connectivity index (χ3v) is 6.33. The summed E-state index contributed by atoms with van der Waals surface area (Å²) in [5.41, 5.74) is 1.84. The first kappa shape index (κ1) is 17.3. The molecular weight excluding hydrogens is 346 g/mol. The Morgan fingerprint density at radius 3 is 2.17 bits per heavy atom. The number of sulfonamides is 1. The molecule has 0 saturated heterocycles. The Hall–Kier alpha value is -1.56. The molecule has 1 aliphatic carbocycles. The fraction of sp³-hybridized carbons (Fsp3) is 0.333. The molecule has 0 heterocycles.